The average molecular weight is 335 g/mol. The van der Waals surface area contributed by atoms with Gasteiger partial charge < -0.3 is 0 Å². The van der Waals surface area contributed by atoms with Gasteiger partial charge in [0.2, 0.25) is 0 Å². The Balaban J connectivity index is 0.000000924. The summed E-state index contributed by atoms with van der Waals surface area (Å²) >= 11 is 5.16. The van der Waals surface area contributed by atoms with Crippen LogP contribution in [-0.2, 0) is 0 Å². The van der Waals surface area contributed by atoms with Crippen molar-refractivity contribution in [3.05, 3.63) is 11.6 Å². The summed E-state index contributed by atoms with van der Waals surface area (Å²) in [5, 5.41) is 1.87. The van der Waals surface area contributed by atoms with Crippen LogP contribution in [0.25, 0.3) is 0 Å². The van der Waals surface area contributed by atoms with Crippen molar-refractivity contribution in [1.82, 2.24) is 0 Å². The van der Waals surface area contributed by atoms with E-state index in [1.54, 1.807) is 5.57 Å². The van der Waals surface area contributed by atoms with Gasteiger partial charge in [-0.05, 0) is 73.5 Å². The highest BCUT2D eigenvalue weighted by atomic mass is 32.1. The van der Waals surface area contributed by atoms with Gasteiger partial charge in [-0.25, -0.2) is 0 Å². The van der Waals surface area contributed by atoms with Gasteiger partial charge in [-0.15, -0.1) is 0 Å². The Morgan fingerprint density at radius 1 is 1.09 bits per heavy atom. The van der Waals surface area contributed by atoms with Crippen molar-refractivity contribution in [1.29, 1.82) is 0 Å². The van der Waals surface area contributed by atoms with E-state index in [0.717, 1.165) is 17.8 Å². The van der Waals surface area contributed by atoms with Crippen LogP contribution in [0.15, 0.2) is 11.6 Å². The molecule has 0 spiro atoms. The molecular formula is C22H38S. The van der Waals surface area contributed by atoms with Gasteiger partial charge in [-0.2, -0.15) is 0 Å². The van der Waals surface area contributed by atoms with E-state index in [2.05, 4.69) is 26.8 Å². The smallest absolute Gasteiger partial charge is 0.00132 e. The zero-order valence-corrected chi connectivity index (χ0v) is 17.0. The van der Waals surface area contributed by atoms with Crippen LogP contribution in [0.2, 0.25) is 0 Å². The number of hydrogen-bond donors (Lipinski definition) is 0. The highest BCUT2D eigenvalue weighted by Crippen LogP contribution is 2.64. The third-order valence-corrected chi connectivity index (χ3v) is 7.69. The Kier molecular flexibility index (Phi) is 6.50. The lowest BCUT2D eigenvalue weighted by Gasteiger charge is -2.56. The SMILES string of the molecule is CC.CCCC1(C)/C(=C\C=S)CCC2C3CCCC3(C)CCC21. The molecule has 0 amide bonds. The average Bonchev–Trinajstić information content (AvgIpc) is 2.94. The van der Waals surface area contributed by atoms with E-state index in [4.69, 9.17) is 12.2 Å². The molecule has 0 aromatic rings. The lowest BCUT2D eigenvalue weighted by molar-refractivity contribution is -0.0335. The second-order valence-electron chi connectivity index (χ2n) is 8.50. The summed E-state index contributed by atoms with van der Waals surface area (Å²) < 4.78 is 0. The summed E-state index contributed by atoms with van der Waals surface area (Å²) in [5.41, 5.74) is 2.78. The van der Waals surface area contributed by atoms with Crippen molar-refractivity contribution in [2.45, 2.75) is 92.4 Å². The third kappa shape index (κ3) is 3.32. The van der Waals surface area contributed by atoms with Crippen LogP contribution >= 0.6 is 12.2 Å². The summed E-state index contributed by atoms with van der Waals surface area (Å²) in [6.07, 6.45) is 15.1. The standard InChI is InChI=1S/C20H32S.C2H6/c1-4-11-20(3)15(10-14-21)7-8-16-17-6-5-12-19(17,2)13-9-18(16)20;1-2/h10,14,16-18H,4-9,11-13H2,1-3H3;1-2H3/b15-10-;. The van der Waals surface area contributed by atoms with E-state index in [-0.39, 0.29) is 0 Å². The summed E-state index contributed by atoms with van der Waals surface area (Å²) in [6, 6.07) is 0. The largest absolute Gasteiger partial charge is 0.0887 e. The van der Waals surface area contributed by atoms with Crippen LogP contribution in [0.3, 0.4) is 0 Å². The quantitative estimate of drug-likeness (QED) is 0.383. The minimum Gasteiger partial charge on any atom is -0.0887 e. The molecule has 0 nitrogen and oxygen atoms in total. The van der Waals surface area contributed by atoms with E-state index in [1.807, 2.05) is 19.2 Å². The van der Waals surface area contributed by atoms with Crippen molar-refractivity contribution in [3.8, 4) is 0 Å². The fourth-order valence-electron chi connectivity index (χ4n) is 6.54. The van der Waals surface area contributed by atoms with Crippen molar-refractivity contribution < 1.29 is 0 Å². The molecule has 0 radical (unpaired) electrons. The molecular weight excluding hydrogens is 296 g/mol. The molecule has 0 heterocycles. The lowest BCUT2D eigenvalue weighted by Crippen LogP contribution is -2.48. The minimum absolute atomic E-state index is 0.427. The maximum absolute atomic E-state index is 5.16. The molecule has 0 bridgehead atoms. The predicted molar refractivity (Wildman–Crippen MR) is 107 cm³/mol. The minimum atomic E-state index is 0.427. The molecule has 0 saturated heterocycles. The number of hydrogen-bond acceptors (Lipinski definition) is 1. The third-order valence-electron chi connectivity index (χ3n) is 7.56. The van der Waals surface area contributed by atoms with Crippen LogP contribution in [0.1, 0.15) is 92.4 Å². The monoisotopic (exact) mass is 334 g/mol. The van der Waals surface area contributed by atoms with Crippen molar-refractivity contribution in [3.63, 3.8) is 0 Å². The number of thiocarbonyl (C=S) groups is 1. The van der Waals surface area contributed by atoms with Gasteiger partial charge in [0.1, 0.15) is 0 Å². The molecule has 3 aliphatic rings. The molecule has 3 rings (SSSR count). The van der Waals surface area contributed by atoms with Gasteiger partial charge in [-0.1, -0.05) is 71.3 Å². The predicted octanol–water partition coefficient (Wildman–Crippen LogP) is 7.37. The Morgan fingerprint density at radius 3 is 2.48 bits per heavy atom. The van der Waals surface area contributed by atoms with Gasteiger partial charge in [0.15, 0.2) is 0 Å². The molecule has 5 unspecified atom stereocenters. The van der Waals surface area contributed by atoms with Crippen LogP contribution in [0, 0.1) is 28.6 Å². The highest BCUT2D eigenvalue weighted by molar-refractivity contribution is 7.79. The van der Waals surface area contributed by atoms with Gasteiger partial charge in [0.05, 0.1) is 0 Å². The van der Waals surface area contributed by atoms with Gasteiger partial charge in [-0.3, -0.25) is 0 Å². The van der Waals surface area contributed by atoms with E-state index in [9.17, 15) is 0 Å². The van der Waals surface area contributed by atoms with E-state index in [1.165, 1.54) is 57.8 Å². The number of rotatable bonds is 3. The van der Waals surface area contributed by atoms with Crippen LogP contribution < -0.4 is 0 Å². The summed E-state index contributed by atoms with van der Waals surface area (Å²) in [4.78, 5) is 0. The molecule has 0 aromatic carbocycles. The Bertz CT molecular complexity index is 437. The van der Waals surface area contributed by atoms with Crippen molar-refractivity contribution in [2.24, 2.45) is 28.6 Å². The van der Waals surface area contributed by atoms with Gasteiger partial charge in [0.25, 0.3) is 0 Å². The van der Waals surface area contributed by atoms with Crippen LogP contribution in [-0.4, -0.2) is 5.37 Å². The second-order valence-corrected chi connectivity index (χ2v) is 8.77. The first kappa shape index (κ1) is 19.2. The molecule has 1 heteroatoms. The van der Waals surface area contributed by atoms with E-state index >= 15 is 0 Å². The fourth-order valence-corrected chi connectivity index (χ4v) is 6.71. The lowest BCUT2D eigenvalue weighted by atomic mass is 9.48. The number of allylic oxidation sites excluding steroid dienone is 2. The summed E-state index contributed by atoms with van der Waals surface area (Å²) in [6.45, 7) is 11.5. The Labute approximate surface area is 150 Å². The first-order chi connectivity index (χ1) is 11.0. The fraction of sp³-hybridized carbons (Fsp3) is 0.864. The van der Waals surface area contributed by atoms with E-state index < -0.39 is 0 Å². The molecule has 132 valence electrons. The zero-order chi connectivity index (χ0) is 17.1. The molecule has 0 aliphatic heterocycles. The molecule has 3 aliphatic carbocycles. The molecule has 0 aromatic heterocycles. The zero-order valence-electron chi connectivity index (χ0n) is 16.2. The van der Waals surface area contributed by atoms with E-state index in [0.29, 0.717) is 10.8 Å². The molecule has 5 atom stereocenters. The molecule has 23 heavy (non-hydrogen) atoms. The second kappa shape index (κ2) is 7.81. The van der Waals surface area contributed by atoms with Gasteiger partial charge >= 0.3 is 0 Å². The van der Waals surface area contributed by atoms with Crippen LogP contribution in [0.5, 0.6) is 0 Å². The first-order valence-corrected chi connectivity index (χ1v) is 10.7. The molecule has 0 N–H and O–H groups in total. The number of fused-ring (bicyclic) bond motifs is 3. The highest BCUT2D eigenvalue weighted by Gasteiger charge is 2.55. The van der Waals surface area contributed by atoms with Crippen molar-refractivity contribution in [2.75, 3.05) is 0 Å². The van der Waals surface area contributed by atoms with Gasteiger partial charge in [0, 0.05) is 5.37 Å². The molecule has 3 saturated carbocycles. The maximum Gasteiger partial charge on any atom is 0.00132 e. The van der Waals surface area contributed by atoms with Crippen molar-refractivity contribution >= 4 is 17.6 Å². The topological polar surface area (TPSA) is 0 Å². The Hall–Kier alpha value is -0.170. The Morgan fingerprint density at radius 2 is 1.83 bits per heavy atom. The maximum atomic E-state index is 5.16. The summed E-state index contributed by atoms with van der Waals surface area (Å²) in [5.74, 6) is 2.93. The normalized spacial score (nSPS) is 44.0. The molecule has 3 fully saturated rings. The first-order valence-electron chi connectivity index (χ1n) is 10.2. The summed E-state index contributed by atoms with van der Waals surface area (Å²) in [7, 11) is 0. The van der Waals surface area contributed by atoms with Crippen LogP contribution in [0.4, 0.5) is 0 Å².